The van der Waals surface area contributed by atoms with Gasteiger partial charge < -0.3 is 22.5 Å². The third-order valence-electron chi connectivity index (χ3n) is 4.43. The standard InChI is InChI=1S/C18H39N5O2S2/c1-26-13-8-15(17(21)24)22-18(25)16(7-3-4-9-19)23(12-14-27-2)11-6-5-10-20/h15-16H,3-14,19-20H2,1-2H3,(H2,21,24)(H,22,25)/t15-,16-/m0/s1. The highest BCUT2D eigenvalue weighted by Crippen LogP contribution is 2.13. The molecule has 0 spiro atoms. The van der Waals surface area contributed by atoms with Crippen LogP contribution in [0.15, 0.2) is 0 Å². The molecule has 0 radical (unpaired) electrons. The molecule has 7 nitrogen and oxygen atoms in total. The van der Waals surface area contributed by atoms with Gasteiger partial charge in [-0.2, -0.15) is 23.5 Å². The fourth-order valence-electron chi connectivity index (χ4n) is 2.84. The number of hydrogen-bond acceptors (Lipinski definition) is 7. The Labute approximate surface area is 173 Å². The predicted molar refractivity (Wildman–Crippen MR) is 119 cm³/mol. The van der Waals surface area contributed by atoms with E-state index in [0.717, 1.165) is 56.7 Å². The number of unbranched alkanes of at least 4 members (excludes halogenated alkanes) is 2. The molecule has 0 aromatic carbocycles. The lowest BCUT2D eigenvalue weighted by Gasteiger charge is -2.32. The second kappa shape index (κ2) is 17.6. The molecule has 0 aliphatic carbocycles. The van der Waals surface area contributed by atoms with Crippen LogP contribution in [-0.2, 0) is 9.59 Å². The van der Waals surface area contributed by atoms with Gasteiger partial charge in [0.2, 0.25) is 11.8 Å². The molecule has 9 heteroatoms. The second-order valence-corrected chi connectivity index (χ2v) is 8.54. The van der Waals surface area contributed by atoms with E-state index in [1.54, 1.807) is 23.5 Å². The summed E-state index contributed by atoms with van der Waals surface area (Å²) in [6.07, 6.45) is 8.97. The summed E-state index contributed by atoms with van der Waals surface area (Å²) < 4.78 is 0. The Hall–Kier alpha value is -0.480. The zero-order valence-corrected chi connectivity index (χ0v) is 18.6. The molecule has 0 aromatic heterocycles. The van der Waals surface area contributed by atoms with Gasteiger partial charge in [-0.25, -0.2) is 0 Å². The Kier molecular flexibility index (Phi) is 17.3. The normalized spacial score (nSPS) is 13.5. The van der Waals surface area contributed by atoms with Gasteiger partial charge in [0.1, 0.15) is 6.04 Å². The summed E-state index contributed by atoms with van der Waals surface area (Å²) >= 11 is 3.39. The van der Waals surface area contributed by atoms with Crippen molar-refractivity contribution in [1.82, 2.24) is 10.2 Å². The SMILES string of the molecule is CSCC[C@H](NC(=O)[C@H](CCCCN)N(CCCCN)CCSC)C(N)=O. The molecule has 0 aromatic rings. The van der Waals surface area contributed by atoms with Crippen molar-refractivity contribution in [3.63, 3.8) is 0 Å². The molecular formula is C18H39N5O2S2. The van der Waals surface area contributed by atoms with Crippen molar-refractivity contribution in [3.8, 4) is 0 Å². The van der Waals surface area contributed by atoms with Gasteiger partial charge >= 0.3 is 0 Å². The quantitative estimate of drug-likeness (QED) is 0.239. The summed E-state index contributed by atoms with van der Waals surface area (Å²) in [5, 5.41) is 2.89. The van der Waals surface area contributed by atoms with E-state index in [4.69, 9.17) is 17.2 Å². The maximum absolute atomic E-state index is 13.0. The van der Waals surface area contributed by atoms with Gasteiger partial charge in [-0.1, -0.05) is 6.42 Å². The van der Waals surface area contributed by atoms with Crippen LogP contribution >= 0.6 is 23.5 Å². The number of rotatable bonds is 18. The summed E-state index contributed by atoms with van der Waals surface area (Å²) in [7, 11) is 0. The lowest BCUT2D eigenvalue weighted by Crippen LogP contribution is -2.53. The number of hydrogen-bond donors (Lipinski definition) is 4. The van der Waals surface area contributed by atoms with E-state index >= 15 is 0 Å². The molecule has 0 fully saturated rings. The molecule has 7 N–H and O–H groups in total. The molecular weight excluding hydrogens is 382 g/mol. The minimum atomic E-state index is -0.617. The van der Waals surface area contributed by atoms with Gasteiger partial charge in [0.05, 0.1) is 6.04 Å². The van der Waals surface area contributed by atoms with E-state index in [1.165, 1.54) is 0 Å². The molecule has 0 bridgehead atoms. The lowest BCUT2D eigenvalue weighted by atomic mass is 10.0. The summed E-state index contributed by atoms with van der Waals surface area (Å²) in [5.74, 6) is 1.15. The van der Waals surface area contributed by atoms with Crippen molar-refractivity contribution in [2.75, 3.05) is 50.2 Å². The Morgan fingerprint density at radius 1 is 0.926 bits per heavy atom. The van der Waals surface area contributed by atoms with Crippen LogP contribution in [-0.4, -0.2) is 79.0 Å². The number of nitrogens with zero attached hydrogens (tertiary/aromatic N) is 1. The summed E-state index contributed by atoms with van der Waals surface area (Å²) in [5.41, 5.74) is 16.7. The van der Waals surface area contributed by atoms with Gasteiger partial charge in [-0.3, -0.25) is 14.5 Å². The Balaban J connectivity index is 5.14. The first-order valence-electron chi connectivity index (χ1n) is 9.73. The first-order valence-corrected chi connectivity index (χ1v) is 12.5. The number of thioether (sulfide) groups is 2. The first-order chi connectivity index (χ1) is 13.0. The zero-order chi connectivity index (χ0) is 20.5. The fourth-order valence-corrected chi connectivity index (χ4v) is 3.73. The van der Waals surface area contributed by atoms with Crippen LogP contribution in [0.4, 0.5) is 0 Å². The molecule has 0 rings (SSSR count). The molecule has 2 amide bonds. The number of carbonyl (C=O) groups excluding carboxylic acids is 2. The van der Waals surface area contributed by atoms with Crippen molar-refractivity contribution in [3.05, 3.63) is 0 Å². The van der Waals surface area contributed by atoms with E-state index in [0.29, 0.717) is 19.5 Å². The van der Waals surface area contributed by atoms with Crippen LogP contribution in [0.2, 0.25) is 0 Å². The first kappa shape index (κ1) is 26.5. The number of nitrogens with one attached hydrogen (secondary N) is 1. The van der Waals surface area contributed by atoms with Crippen LogP contribution in [0.5, 0.6) is 0 Å². The maximum atomic E-state index is 13.0. The highest BCUT2D eigenvalue weighted by molar-refractivity contribution is 7.98. The van der Waals surface area contributed by atoms with Crippen molar-refractivity contribution < 1.29 is 9.59 Å². The van der Waals surface area contributed by atoms with Gasteiger partial charge in [0.25, 0.3) is 0 Å². The Morgan fingerprint density at radius 3 is 2.11 bits per heavy atom. The zero-order valence-electron chi connectivity index (χ0n) is 17.0. The minimum Gasteiger partial charge on any atom is -0.368 e. The second-order valence-electron chi connectivity index (χ2n) is 6.57. The molecule has 0 aliphatic rings. The molecule has 2 atom stereocenters. The van der Waals surface area contributed by atoms with Crippen LogP contribution in [0, 0.1) is 0 Å². The smallest absolute Gasteiger partial charge is 0.240 e. The van der Waals surface area contributed by atoms with Gasteiger partial charge in [0.15, 0.2) is 0 Å². The lowest BCUT2D eigenvalue weighted by molar-refractivity contribution is -0.131. The monoisotopic (exact) mass is 421 g/mol. The number of carbonyl (C=O) groups is 2. The van der Waals surface area contributed by atoms with E-state index in [-0.39, 0.29) is 11.9 Å². The number of amides is 2. The van der Waals surface area contributed by atoms with E-state index in [2.05, 4.69) is 16.5 Å². The fraction of sp³-hybridized carbons (Fsp3) is 0.889. The Bertz CT molecular complexity index is 402. The molecule has 0 heterocycles. The molecule has 0 aliphatic heterocycles. The van der Waals surface area contributed by atoms with E-state index in [9.17, 15) is 9.59 Å². The number of primary amides is 1. The maximum Gasteiger partial charge on any atom is 0.240 e. The van der Waals surface area contributed by atoms with Gasteiger partial charge in [-0.05, 0) is 70.0 Å². The average molecular weight is 422 g/mol. The third-order valence-corrected chi connectivity index (χ3v) is 5.66. The molecule has 0 saturated carbocycles. The molecule has 27 heavy (non-hydrogen) atoms. The van der Waals surface area contributed by atoms with Crippen molar-refractivity contribution in [2.45, 2.75) is 50.6 Å². The topological polar surface area (TPSA) is 127 Å². The summed E-state index contributed by atoms with van der Waals surface area (Å²) in [6.45, 7) is 2.92. The average Bonchev–Trinajstić information content (AvgIpc) is 2.65. The predicted octanol–water partition coefficient (Wildman–Crippen LogP) is 0.611. The highest BCUT2D eigenvalue weighted by Gasteiger charge is 2.28. The van der Waals surface area contributed by atoms with E-state index in [1.807, 2.05) is 6.26 Å². The van der Waals surface area contributed by atoms with Crippen LogP contribution in [0.1, 0.15) is 38.5 Å². The number of nitrogens with two attached hydrogens (primary N) is 3. The summed E-state index contributed by atoms with van der Waals surface area (Å²) in [6, 6.07) is -0.883. The third kappa shape index (κ3) is 12.6. The largest absolute Gasteiger partial charge is 0.368 e. The molecule has 0 unspecified atom stereocenters. The van der Waals surface area contributed by atoms with Gasteiger partial charge in [0, 0.05) is 12.3 Å². The van der Waals surface area contributed by atoms with Crippen molar-refractivity contribution in [1.29, 1.82) is 0 Å². The molecule has 0 saturated heterocycles. The van der Waals surface area contributed by atoms with Crippen molar-refractivity contribution >= 4 is 35.3 Å². The van der Waals surface area contributed by atoms with Crippen LogP contribution < -0.4 is 22.5 Å². The van der Waals surface area contributed by atoms with Crippen molar-refractivity contribution in [2.24, 2.45) is 17.2 Å². The van der Waals surface area contributed by atoms with E-state index < -0.39 is 11.9 Å². The molecule has 160 valence electrons. The highest BCUT2D eigenvalue weighted by atomic mass is 32.2. The van der Waals surface area contributed by atoms with Crippen LogP contribution in [0.3, 0.4) is 0 Å². The van der Waals surface area contributed by atoms with Gasteiger partial charge in [-0.15, -0.1) is 0 Å². The van der Waals surface area contributed by atoms with Crippen LogP contribution in [0.25, 0.3) is 0 Å². The Morgan fingerprint density at radius 2 is 1.56 bits per heavy atom. The minimum absolute atomic E-state index is 0.106. The summed E-state index contributed by atoms with van der Waals surface area (Å²) in [4.78, 5) is 27.0.